The normalized spacial score (nSPS) is 27.8. The number of rotatable bonds is 6. The van der Waals surface area contributed by atoms with E-state index >= 15 is 0 Å². The Kier molecular flexibility index (Phi) is 5.55. The number of hydrogen-bond acceptors (Lipinski definition) is 4. The predicted octanol–water partition coefficient (Wildman–Crippen LogP) is -0.488. The van der Waals surface area contributed by atoms with E-state index in [1.807, 2.05) is 0 Å². The van der Waals surface area contributed by atoms with Gasteiger partial charge in [-0.3, -0.25) is 9.59 Å². The number of amides is 2. The van der Waals surface area contributed by atoms with E-state index in [4.69, 9.17) is 16.2 Å². The van der Waals surface area contributed by atoms with Gasteiger partial charge in [-0.05, 0) is 18.8 Å². The van der Waals surface area contributed by atoms with E-state index in [1.54, 1.807) is 0 Å². The highest BCUT2D eigenvalue weighted by Crippen LogP contribution is 2.30. The average molecular weight is 257 g/mol. The number of hydrogen-bond donors (Lipinski definition) is 3. The topological polar surface area (TPSA) is 107 Å². The fourth-order valence-corrected chi connectivity index (χ4v) is 2.38. The predicted molar refractivity (Wildman–Crippen MR) is 67.6 cm³/mol. The maximum absolute atomic E-state index is 12.0. The summed E-state index contributed by atoms with van der Waals surface area (Å²) in [6.45, 7) is 2.60. The van der Waals surface area contributed by atoms with Crippen LogP contribution in [0.2, 0.25) is 0 Å². The molecule has 6 heteroatoms. The van der Waals surface area contributed by atoms with E-state index < -0.39 is 11.4 Å². The van der Waals surface area contributed by atoms with Crippen LogP contribution in [0.15, 0.2) is 0 Å². The first-order valence-electron chi connectivity index (χ1n) is 6.37. The van der Waals surface area contributed by atoms with Crippen molar-refractivity contribution in [3.63, 3.8) is 0 Å². The van der Waals surface area contributed by atoms with Crippen molar-refractivity contribution >= 4 is 11.8 Å². The van der Waals surface area contributed by atoms with Crippen molar-refractivity contribution in [1.29, 1.82) is 0 Å². The van der Waals surface area contributed by atoms with Gasteiger partial charge < -0.3 is 21.5 Å². The molecule has 104 valence electrons. The number of carbonyl (C=O) groups is 2. The molecule has 1 aliphatic carbocycles. The highest BCUT2D eigenvalue weighted by Gasteiger charge is 2.37. The van der Waals surface area contributed by atoms with Crippen molar-refractivity contribution in [1.82, 2.24) is 5.32 Å². The third-order valence-corrected chi connectivity index (χ3v) is 3.26. The van der Waals surface area contributed by atoms with Crippen LogP contribution in [0.1, 0.15) is 32.6 Å². The molecule has 1 aliphatic rings. The summed E-state index contributed by atoms with van der Waals surface area (Å²) < 4.78 is 4.96. The number of ether oxygens (including phenoxy) is 1. The molecule has 0 spiro atoms. The summed E-state index contributed by atoms with van der Waals surface area (Å²) in [5, 5.41) is 2.75. The van der Waals surface area contributed by atoms with E-state index in [1.165, 1.54) is 0 Å². The van der Waals surface area contributed by atoms with E-state index in [0.717, 1.165) is 25.7 Å². The minimum atomic E-state index is -0.749. The van der Waals surface area contributed by atoms with Gasteiger partial charge in [0, 0.05) is 6.54 Å². The van der Waals surface area contributed by atoms with Gasteiger partial charge in [0.1, 0.15) is 6.61 Å². The molecule has 2 amide bonds. The highest BCUT2D eigenvalue weighted by molar-refractivity contribution is 5.86. The molecule has 18 heavy (non-hydrogen) atoms. The van der Waals surface area contributed by atoms with Crippen LogP contribution in [-0.4, -0.2) is 37.1 Å². The Labute approximate surface area is 107 Å². The third kappa shape index (κ3) is 4.62. The van der Waals surface area contributed by atoms with E-state index in [-0.39, 0.29) is 19.1 Å². The molecular formula is C12H23N3O3. The molecule has 0 aromatic carbocycles. The molecule has 1 saturated carbocycles. The average Bonchev–Trinajstić information content (AvgIpc) is 2.27. The second-order valence-electron chi connectivity index (χ2n) is 5.13. The van der Waals surface area contributed by atoms with Crippen LogP contribution in [0.25, 0.3) is 0 Å². The second kappa shape index (κ2) is 6.70. The van der Waals surface area contributed by atoms with Crippen LogP contribution < -0.4 is 16.8 Å². The lowest BCUT2D eigenvalue weighted by atomic mass is 9.76. The number of nitrogens with one attached hydrogen (secondary N) is 1. The summed E-state index contributed by atoms with van der Waals surface area (Å²) in [6, 6.07) is 0. The van der Waals surface area contributed by atoms with Crippen molar-refractivity contribution in [3.8, 4) is 0 Å². The monoisotopic (exact) mass is 257 g/mol. The standard InChI is InChI=1S/C12H23N3O3/c1-9-3-2-4-12(14,7-9)11(17)15-5-6-18-8-10(13)16/h9H,2-8,14H2,1H3,(H2,13,16)(H,15,17). The molecule has 0 radical (unpaired) electrons. The summed E-state index contributed by atoms with van der Waals surface area (Å²) in [5.41, 5.74) is 10.3. The van der Waals surface area contributed by atoms with Crippen LogP contribution in [-0.2, 0) is 14.3 Å². The minimum absolute atomic E-state index is 0.124. The minimum Gasteiger partial charge on any atom is -0.370 e. The zero-order valence-corrected chi connectivity index (χ0v) is 10.9. The number of carbonyl (C=O) groups excluding carboxylic acids is 2. The molecule has 1 rings (SSSR count). The van der Waals surface area contributed by atoms with Gasteiger partial charge in [0.25, 0.3) is 0 Å². The van der Waals surface area contributed by atoms with Crippen molar-refractivity contribution in [2.45, 2.75) is 38.1 Å². The molecule has 0 heterocycles. The Morgan fingerprint density at radius 1 is 1.50 bits per heavy atom. The Morgan fingerprint density at radius 2 is 2.22 bits per heavy atom. The summed E-state index contributed by atoms with van der Waals surface area (Å²) in [5.74, 6) is -0.157. The Hall–Kier alpha value is -1.14. The zero-order valence-electron chi connectivity index (χ0n) is 10.9. The molecule has 0 bridgehead atoms. The van der Waals surface area contributed by atoms with Gasteiger partial charge in [-0.15, -0.1) is 0 Å². The van der Waals surface area contributed by atoms with E-state index in [9.17, 15) is 9.59 Å². The van der Waals surface area contributed by atoms with Crippen LogP contribution in [0, 0.1) is 5.92 Å². The first-order valence-corrected chi connectivity index (χ1v) is 6.37. The van der Waals surface area contributed by atoms with Gasteiger partial charge in [0.15, 0.2) is 0 Å². The fraction of sp³-hybridized carbons (Fsp3) is 0.833. The second-order valence-corrected chi connectivity index (χ2v) is 5.13. The van der Waals surface area contributed by atoms with Gasteiger partial charge in [-0.1, -0.05) is 19.8 Å². The lowest BCUT2D eigenvalue weighted by Crippen LogP contribution is -2.56. The molecule has 2 unspecified atom stereocenters. The van der Waals surface area contributed by atoms with E-state index in [2.05, 4.69) is 12.2 Å². The maximum Gasteiger partial charge on any atom is 0.243 e. The number of nitrogens with two attached hydrogens (primary N) is 2. The molecule has 5 N–H and O–H groups in total. The third-order valence-electron chi connectivity index (χ3n) is 3.26. The lowest BCUT2D eigenvalue weighted by Gasteiger charge is -2.35. The quantitative estimate of drug-likeness (QED) is 0.558. The molecule has 0 aromatic heterocycles. The van der Waals surface area contributed by atoms with Gasteiger partial charge in [0.2, 0.25) is 11.8 Å². The lowest BCUT2D eigenvalue weighted by molar-refractivity contribution is -0.128. The molecule has 0 aliphatic heterocycles. The molecule has 0 aromatic rings. The van der Waals surface area contributed by atoms with Gasteiger partial charge in [0.05, 0.1) is 12.1 Å². The van der Waals surface area contributed by atoms with Crippen LogP contribution in [0.5, 0.6) is 0 Å². The van der Waals surface area contributed by atoms with Crippen LogP contribution >= 0.6 is 0 Å². The first-order chi connectivity index (χ1) is 8.44. The smallest absolute Gasteiger partial charge is 0.243 e. The highest BCUT2D eigenvalue weighted by atomic mass is 16.5. The van der Waals surface area contributed by atoms with Gasteiger partial charge >= 0.3 is 0 Å². The fourth-order valence-electron chi connectivity index (χ4n) is 2.38. The largest absolute Gasteiger partial charge is 0.370 e. The maximum atomic E-state index is 12.0. The molecule has 6 nitrogen and oxygen atoms in total. The van der Waals surface area contributed by atoms with Crippen LogP contribution in [0.3, 0.4) is 0 Å². The summed E-state index contributed by atoms with van der Waals surface area (Å²) in [4.78, 5) is 22.4. The number of primary amides is 1. The molecule has 0 saturated heterocycles. The van der Waals surface area contributed by atoms with Crippen molar-refractivity contribution < 1.29 is 14.3 Å². The summed E-state index contributed by atoms with van der Waals surface area (Å²) in [6.07, 6.45) is 3.57. The molecule has 2 atom stereocenters. The molecular weight excluding hydrogens is 234 g/mol. The van der Waals surface area contributed by atoms with Gasteiger partial charge in [-0.2, -0.15) is 0 Å². The van der Waals surface area contributed by atoms with Crippen molar-refractivity contribution in [2.24, 2.45) is 17.4 Å². The summed E-state index contributed by atoms with van der Waals surface area (Å²) >= 11 is 0. The Bertz CT molecular complexity index is 309. The summed E-state index contributed by atoms with van der Waals surface area (Å²) in [7, 11) is 0. The molecule has 1 fully saturated rings. The van der Waals surface area contributed by atoms with Crippen molar-refractivity contribution in [2.75, 3.05) is 19.8 Å². The van der Waals surface area contributed by atoms with E-state index in [0.29, 0.717) is 12.5 Å². The Balaban J connectivity index is 2.25. The first kappa shape index (κ1) is 14.9. The Morgan fingerprint density at radius 3 is 2.83 bits per heavy atom. The zero-order chi connectivity index (χ0) is 13.6. The van der Waals surface area contributed by atoms with Crippen molar-refractivity contribution in [3.05, 3.63) is 0 Å². The SMILES string of the molecule is CC1CCCC(N)(C(=O)NCCOCC(N)=O)C1. The van der Waals surface area contributed by atoms with Crippen LogP contribution in [0.4, 0.5) is 0 Å². The van der Waals surface area contributed by atoms with Gasteiger partial charge in [-0.25, -0.2) is 0 Å².